The van der Waals surface area contributed by atoms with Gasteiger partial charge in [0.05, 0.1) is 5.75 Å². The Labute approximate surface area is 115 Å². The Kier molecular flexibility index (Phi) is 5.41. The van der Waals surface area contributed by atoms with E-state index in [0.29, 0.717) is 5.56 Å². The Hall–Kier alpha value is -1.28. The van der Waals surface area contributed by atoms with Gasteiger partial charge in [-0.25, -0.2) is 12.7 Å². The Morgan fingerprint density at radius 1 is 1.20 bits per heavy atom. The summed E-state index contributed by atoms with van der Waals surface area (Å²) < 4.78 is 60.6. The summed E-state index contributed by atoms with van der Waals surface area (Å²) in [6.07, 6.45) is -5.91. The maximum atomic E-state index is 12.0. The van der Waals surface area contributed by atoms with Gasteiger partial charge in [0.25, 0.3) is 0 Å². The van der Waals surface area contributed by atoms with Gasteiger partial charge in [-0.15, -0.1) is 0 Å². The molecule has 0 fully saturated rings. The van der Waals surface area contributed by atoms with Crippen molar-refractivity contribution in [2.75, 3.05) is 12.8 Å². The number of alkyl halides is 3. The Morgan fingerprint density at radius 3 is 2.25 bits per heavy atom. The molecule has 0 heterocycles. The average Bonchev–Trinajstić information content (AvgIpc) is 2.30. The largest absolute Gasteiger partial charge is 0.508 e. The molecule has 0 radical (unpaired) electrons. The molecule has 0 saturated heterocycles. The maximum Gasteiger partial charge on any atom is 0.389 e. The molecule has 0 aliphatic carbocycles. The number of benzene rings is 1. The molecular formula is C12H16F3NO3S. The zero-order valence-corrected chi connectivity index (χ0v) is 11.7. The first-order valence-electron chi connectivity index (χ1n) is 5.89. The van der Waals surface area contributed by atoms with E-state index in [1.54, 1.807) is 12.1 Å². The summed E-state index contributed by atoms with van der Waals surface area (Å²) in [4.78, 5) is 0. The second kappa shape index (κ2) is 6.45. The first-order valence-corrected chi connectivity index (χ1v) is 7.50. The molecule has 0 aliphatic heterocycles. The average molecular weight is 311 g/mol. The molecule has 8 heteroatoms. The van der Waals surface area contributed by atoms with Crippen LogP contribution in [0.4, 0.5) is 13.2 Å². The smallest absolute Gasteiger partial charge is 0.389 e. The lowest BCUT2D eigenvalue weighted by Crippen LogP contribution is -2.29. The van der Waals surface area contributed by atoms with Crippen molar-refractivity contribution in [1.82, 2.24) is 4.31 Å². The van der Waals surface area contributed by atoms with Crippen LogP contribution < -0.4 is 0 Å². The number of rotatable bonds is 6. The molecule has 0 bridgehead atoms. The van der Waals surface area contributed by atoms with Crippen LogP contribution in [0.15, 0.2) is 24.3 Å². The molecule has 0 saturated carbocycles. The molecule has 114 valence electrons. The van der Waals surface area contributed by atoms with E-state index in [-0.39, 0.29) is 12.3 Å². The minimum atomic E-state index is -4.34. The lowest BCUT2D eigenvalue weighted by atomic mass is 10.2. The number of hydrogen-bond donors (Lipinski definition) is 1. The van der Waals surface area contributed by atoms with Gasteiger partial charge in [0.15, 0.2) is 0 Å². The van der Waals surface area contributed by atoms with Crippen LogP contribution in [0.2, 0.25) is 0 Å². The van der Waals surface area contributed by atoms with Crippen LogP contribution in [0.25, 0.3) is 0 Å². The van der Waals surface area contributed by atoms with Crippen molar-refractivity contribution >= 4 is 10.0 Å². The normalized spacial score (nSPS) is 12.8. The minimum Gasteiger partial charge on any atom is -0.508 e. The van der Waals surface area contributed by atoms with Crippen LogP contribution in [0, 0.1) is 0 Å². The highest BCUT2D eigenvalue weighted by molar-refractivity contribution is 7.89. The third kappa shape index (κ3) is 5.79. The number of aromatic hydroxyl groups is 1. The predicted molar refractivity (Wildman–Crippen MR) is 68.6 cm³/mol. The maximum absolute atomic E-state index is 12.0. The van der Waals surface area contributed by atoms with Crippen LogP contribution in [0.3, 0.4) is 0 Å². The van der Waals surface area contributed by atoms with E-state index < -0.39 is 34.8 Å². The number of halogens is 3. The van der Waals surface area contributed by atoms with Gasteiger partial charge in [-0.2, -0.15) is 13.2 Å². The fraction of sp³-hybridized carbons (Fsp3) is 0.500. The van der Waals surface area contributed by atoms with E-state index in [2.05, 4.69) is 0 Å². The molecule has 1 N–H and O–H groups in total. The van der Waals surface area contributed by atoms with Crippen LogP contribution >= 0.6 is 0 Å². The fourth-order valence-electron chi connectivity index (χ4n) is 1.57. The summed E-state index contributed by atoms with van der Waals surface area (Å²) in [6.45, 7) is 0.0502. The highest BCUT2D eigenvalue weighted by Gasteiger charge is 2.28. The van der Waals surface area contributed by atoms with E-state index in [4.69, 9.17) is 5.11 Å². The van der Waals surface area contributed by atoms with Crippen LogP contribution in [-0.2, 0) is 16.6 Å². The zero-order chi connectivity index (χ0) is 15.4. The molecule has 1 rings (SSSR count). The van der Waals surface area contributed by atoms with Crippen molar-refractivity contribution in [3.63, 3.8) is 0 Å². The number of hydrogen-bond acceptors (Lipinski definition) is 3. The van der Waals surface area contributed by atoms with Gasteiger partial charge in [-0.05, 0) is 24.1 Å². The number of sulfonamides is 1. The second-order valence-corrected chi connectivity index (χ2v) is 6.65. The van der Waals surface area contributed by atoms with Crippen LogP contribution in [-0.4, -0.2) is 36.8 Å². The van der Waals surface area contributed by atoms with Crippen LogP contribution in [0.5, 0.6) is 5.75 Å². The zero-order valence-electron chi connectivity index (χ0n) is 10.9. The highest BCUT2D eigenvalue weighted by atomic mass is 32.2. The summed E-state index contributed by atoms with van der Waals surface area (Å²) in [6, 6.07) is 5.94. The van der Waals surface area contributed by atoms with Gasteiger partial charge in [0.2, 0.25) is 10.0 Å². The lowest BCUT2D eigenvalue weighted by Gasteiger charge is -2.17. The molecular weight excluding hydrogens is 295 g/mol. The van der Waals surface area contributed by atoms with Crippen molar-refractivity contribution < 1.29 is 26.7 Å². The van der Waals surface area contributed by atoms with Crippen molar-refractivity contribution in [3.8, 4) is 5.75 Å². The first kappa shape index (κ1) is 16.8. The van der Waals surface area contributed by atoms with E-state index in [0.717, 1.165) is 4.31 Å². The molecule has 0 unspecified atom stereocenters. The minimum absolute atomic E-state index is 0.0502. The van der Waals surface area contributed by atoms with Crippen molar-refractivity contribution in [2.24, 2.45) is 0 Å². The van der Waals surface area contributed by atoms with Gasteiger partial charge >= 0.3 is 6.18 Å². The monoisotopic (exact) mass is 311 g/mol. The first-order chi connectivity index (χ1) is 9.10. The topological polar surface area (TPSA) is 57.6 Å². The third-order valence-electron chi connectivity index (χ3n) is 2.68. The second-order valence-electron chi connectivity index (χ2n) is 4.46. The molecule has 20 heavy (non-hydrogen) atoms. The van der Waals surface area contributed by atoms with Gasteiger partial charge < -0.3 is 5.11 Å². The molecule has 0 aliphatic rings. The Morgan fingerprint density at radius 2 is 1.75 bits per heavy atom. The van der Waals surface area contributed by atoms with Gasteiger partial charge in [-0.3, -0.25) is 0 Å². The number of phenols is 1. The summed E-state index contributed by atoms with van der Waals surface area (Å²) in [5.74, 6) is -0.481. The summed E-state index contributed by atoms with van der Waals surface area (Å²) in [5, 5.41) is 9.10. The van der Waals surface area contributed by atoms with E-state index in [9.17, 15) is 21.6 Å². The Bertz CT molecular complexity index is 526. The van der Waals surface area contributed by atoms with E-state index in [1.165, 1.54) is 19.2 Å². The van der Waals surface area contributed by atoms with Gasteiger partial charge in [-0.1, -0.05) is 12.1 Å². The molecule has 0 aromatic heterocycles. The molecule has 1 aromatic rings. The molecule has 0 amide bonds. The lowest BCUT2D eigenvalue weighted by molar-refractivity contribution is -0.134. The molecule has 0 spiro atoms. The predicted octanol–water partition coefficient (Wildman–Crippen LogP) is 2.50. The number of nitrogens with zero attached hydrogens (tertiary/aromatic N) is 1. The standard InChI is InChI=1S/C12H16F3NO3S/c1-16(9-10-3-5-11(17)6-4-10)20(18,19)8-2-7-12(13,14)15/h3-6,17H,2,7-9H2,1H3. The van der Waals surface area contributed by atoms with E-state index in [1.807, 2.05) is 0 Å². The van der Waals surface area contributed by atoms with Gasteiger partial charge in [0, 0.05) is 20.0 Å². The van der Waals surface area contributed by atoms with Crippen molar-refractivity contribution in [1.29, 1.82) is 0 Å². The highest BCUT2D eigenvalue weighted by Crippen LogP contribution is 2.22. The van der Waals surface area contributed by atoms with Gasteiger partial charge in [0.1, 0.15) is 5.75 Å². The fourth-order valence-corrected chi connectivity index (χ4v) is 2.73. The van der Waals surface area contributed by atoms with E-state index >= 15 is 0 Å². The Balaban J connectivity index is 2.56. The molecule has 1 aromatic carbocycles. The quantitative estimate of drug-likeness (QED) is 0.878. The SMILES string of the molecule is CN(Cc1ccc(O)cc1)S(=O)(=O)CCCC(F)(F)F. The van der Waals surface area contributed by atoms with Crippen molar-refractivity contribution in [3.05, 3.63) is 29.8 Å². The summed E-state index contributed by atoms with van der Waals surface area (Å²) in [5.41, 5.74) is 0.643. The summed E-state index contributed by atoms with van der Waals surface area (Å²) in [7, 11) is -2.40. The summed E-state index contributed by atoms with van der Waals surface area (Å²) >= 11 is 0. The molecule has 4 nitrogen and oxygen atoms in total. The number of phenolic OH excluding ortho intramolecular Hbond substituents is 1. The molecule has 0 atom stereocenters. The third-order valence-corrected chi connectivity index (χ3v) is 4.56. The van der Waals surface area contributed by atoms with Crippen LogP contribution in [0.1, 0.15) is 18.4 Å². The van der Waals surface area contributed by atoms with Crippen molar-refractivity contribution in [2.45, 2.75) is 25.6 Å².